The van der Waals surface area contributed by atoms with E-state index in [0.717, 1.165) is 5.69 Å². The lowest BCUT2D eigenvalue weighted by atomic mass is 10.3. The highest BCUT2D eigenvalue weighted by atomic mass is 16.5. The zero-order valence-corrected chi connectivity index (χ0v) is 15.4. The van der Waals surface area contributed by atoms with E-state index in [0.29, 0.717) is 18.0 Å². The van der Waals surface area contributed by atoms with E-state index < -0.39 is 0 Å². The number of anilines is 2. The lowest BCUT2D eigenvalue weighted by molar-refractivity contribution is -0.121. The quantitative estimate of drug-likeness (QED) is 0.791. The van der Waals surface area contributed by atoms with Crippen LogP contribution in [0.15, 0.2) is 54.6 Å². The molecule has 0 heterocycles. The lowest BCUT2D eigenvalue weighted by Crippen LogP contribution is -2.41. The van der Waals surface area contributed by atoms with Gasteiger partial charge in [0.15, 0.2) is 0 Å². The molecule has 2 rings (SSSR count). The number of rotatable bonds is 8. The van der Waals surface area contributed by atoms with Gasteiger partial charge < -0.3 is 15.0 Å². The maximum atomic E-state index is 12.5. The number of hydrogen-bond acceptors (Lipinski definition) is 4. The van der Waals surface area contributed by atoms with Crippen LogP contribution in [0.5, 0.6) is 5.75 Å². The van der Waals surface area contributed by atoms with Crippen LogP contribution < -0.4 is 15.0 Å². The highest BCUT2D eigenvalue weighted by molar-refractivity contribution is 5.96. The molecule has 2 aromatic carbocycles. The molecule has 0 aliphatic carbocycles. The molecule has 0 saturated heterocycles. The van der Waals surface area contributed by atoms with Gasteiger partial charge in [-0.25, -0.2) is 0 Å². The maximum Gasteiger partial charge on any atom is 0.240 e. The highest BCUT2D eigenvalue weighted by Crippen LogP contribution is 2.22. The van der Waals surface area contributed by atoms with Gasteiger partial charge in [0.1, 0.15) is 5.75 Å². The lowest BCUT2D eigenvalue weighted by Gasteiger charge is -2.23. The van der Waals surface area contributed by atoms with Crippen molar-refractivity contribution in [1.29, 1.82) is 0 Å². The van der Waals surface area contributed by atoms with E-state index in [1.807, 2.05) is 49.4 Å². The van der Waals surface area contributed by atoms with Crippen LogP contribution in [0.25, 0.3) is 0 Å². The molecule has 0 atom stereocenters. The molecular formula is C20H25N3O3. The van der Waals surface area contributed by atoms with Crippen LogP contribution >= 0.6 is 0 Å². The summed E-state index contributed by atoms with van der Waals surface area (Å²) in [7, 11) is 3.29. The summed E-state index contributed by atoms with van der Waals surface area (Å²) in [4.78, 5) is 28.2. The first-order chi connectivity index (χ1) is 12.5. The molecular weight excluding hydrogens is 330 g/mol. The number of ether oxygens (including phenoxy) is 1. The van der Waals surface area contributed by atoms with Gasteiger partial charge in [0.25, 0.3) is 0 Å². The van der Waals surface area contributed by atoms with Gasteiger partial charge in [-0.15, -0.1) is 0 Å². The number of likely N-dealkylation sites (N-methyl/N-ethyl adjacent to an activating group) is 2. The van der Waals surface area contributed by atoms with Crippen LogP contribution in [0.4, 0.5) is 11.4 Å². The number of amides is 2. The molecule has 0 aliphatic heterocycles. The molecule has 2 amide bonds. The summed E-state index contributed by atoms with van der Waals surface area (Å²) in [5.41, 5.74) is 1.44. The van der Waals surface area contributed by atoms with Crippen molar-refractivity contribution in [2.75, 3.05) is 44.0 Å². The van der Waals surface area contributed by atoms with Gasteiger partial charge in [-0.2, -0.15) is 0 Å². The van der Waals surface area contributed by atoms with E-state index >= 15 is 0 Å². The summed E-state index contributed by atoms with van der Waals surface area (Å²) in [6.07, 6.45) is 0. The smallest absolute Gasteiger partial charge is 0.240 e. The number of carbonyl (C=O) groups excluding carboxylic acids is 2. The van der Waals surface area contributed by atoms with Crippen molar-refractivity contribution in [3.8, 4) is 5.75 Å². The van der Waals surface area contributed by atoms with Gasteiger partial charge in [-0.1, -0.05) is 37.3 Å². The second-order valence-electron chi connectivity index (χ2n) is 5.84. The van der Waals surface area contributed by atoms with Gasteiger partial charge >= 0.3 is 0 Å². The van der Waals surface area contributed by atoms with Gasteiger partial charge in [0, 0.05) is 12.7 Å². The second-order valence-corrected chi connectivity index (χ2v) is 5.84. The van der Waals surface area contributed by atoms with Gasteiger partial charge in [-0.3, -0.25) is 14.5 Å². The Balaban J connectivity index is 1.94. The Morgan fingerprint density at radius 2 is 1.65 bits per heavy atom. The first-order valence-corrected chi connectivity index (χ1v) is 8.52. The normalized spacial score (nSPS) is 10.5. The number of para-hydroxylation sites is 3. The van der Waals surface area contributed by atoms with Crippen molar-refractivity contribution in [3.05, 3.63) is 54.6 Å². The first-order valence-electron chi connectivity index (χ1n) is 8.52. The zero-order chi connectivity index (χ0) is 18.9. The molecule has 1 N–H and O–H groups in total. The zero-order valence-electron chi connectivity index (χ0n) is 15.4. The Hall–Kier alpha value is -2.86. The van der Waals surface area contributed by atoms with Crippen molar-refractivity contribution < 1.29 is 14.3 Å². The number of methoxy groups -OCH3 is 1. The molecule has 0 spiro atoms. The first kappa shape index (κ1) is 19.5. The minimum Gasteiger partial charge on any atom is -0.495 e. The fourth-order valence-corrected chi connectivity index (χ4v) is 2.51. The fourth-order valence-electron chi connectivity index (χ4n) is 2.51. The minimum atomic E-state index is -0.188. The summed E-state index contributed by atoms with van der Waals surface area (Å²) in [5.74, 6) is 0.346. The molecule has 6 nitrogen and oxygen atoms in total. The Kier molecular flexibility index (Phi) is 7.17. The van der Waals surface area contributed by atoms with Gasteiger partial charge in [-0.05, 0) is 30.8 Å². The third kappa shape index (κ3) is 5.32. The molecule has 0 aliphatic rings. The third-order valence-electron chi connectivity index (χ3n) is 4.07. The Morgan fingerprint density at radius 3 is 2.31 bits per heavy atom. The SMILES string of the molecule is CCN(CC(=O)Nc1ccccc1OC)CC(=O)N(C)c1ccccc1. The van der Waals surface area contributed by atoms with E-state index in [2.05, 4.69) is 5.32 Å². The van der Waals surface area contributed by atoms with E-state index in [1.54, 1.807) is 36.1 Å². The highest BCUT2D eigenvalue weighted by Gasteiger charge is 2.17. The number of nitrogens with one attached hydrogen (secondary N) is 1. The second kappa shape index (κ2) is 9.58. The van der Waals surface area contributed by atoms with Gasteiger partial charge in [0.05, 0.1) is 25.9 Å². The Labute approximate surface area is 154 Å². The van der Waals surface area contributed by atoms with E-state index in [-0.39, 0.29) is 24.9 Å². The third-order valence-corrected chi connectivity index (χ3v) is 4.07. The van der Waals surface area contributed by atoms with Crippen LogP contribution in [0.3, 0.4) is 0 Å². The summed E-state index contributed by atoms with van der Waals surface area (Å²) in [5, 5.41) is 2.83. The molecule has 138 valence electrons. The molecule has 2 aromatic rings. The Bertz CT molecular complexity index is 734. The number of hydrogen-bond donors (Lipinski definition) is 1. The monoisotopic (exact) mass is 355 g/mol. The van der Waals surface area contributed by atoms with Crippen molar-refractivity contribution in [2.45, 2.75) is 6.92 Å². The average molecular weight is 355 g/mol. The average Bonchev–Trinajstić information content (AvgIpc) is 2.67. The van der Waals surface area contributed by atoms with Crippen molar-refractivity contribution in [1.82, 2.24) is 4.90 Å². The molecule has 6 heteroatoms. The van der Waals surface area contributed by atoms with Crippen LogP contribution in [0.1, 0.15) is 6.92 Å². The predicted octanol–water partition coefficient (Wildman–Crippen LogP) is 2.62. The van der Waals surface area contributed by atoms with Gasteiger partial charge in [0.2, 0.25) is 11.8 Å². The molecule has 0 unspecified atom stereocenters. The summed E-state index contributed by atoms with van der Waals surface area (Å²) in [6, 6.07) is 16.7. The molecule has 0 aromatic heterocycles. The largest absolute Gasteiger partial charge is 0.495 e. The summed E-state index contributed by atoms with van der Waals surface area (Å²) >= 11 is 0. The minimum absolute atomic E-state index is 0.0665. The summed E-state index contributed by atoms with van der Waals surface area (Å²) < 4.78 is 5.23. The maximum absolute atomic E-state index is 12.5. The van der Waals surface area contributed by atoms with Crippen molar-refractivity contribution in [2.24, 2.45) is 0 Å². The predicted molar refractivity (Wildman–Crippen MR) is 104 cm³/mol. The van der Waals surface area contributed by atoms with E-state index in [4.69, 9.17) is 4.74 Å². The number of carbonyl (C=O) groups is 2. The van der Waals surface area contributed by atoms with E-state index in [9.17, 15) is 9.59 Å². The van der Waals surface area contributed by atoms with Crippen LogP contribution in [0.2, 0.25) is 0 Å². The molecule has 0 radical (unpaired) electrons. The topological polar surface area (TPSA) is 61.9 Å². The molecule has 0 fully saturated rings. The fraction of sp³-hybridized carbons (Fsp3) is 0.300. The molecule has 26 heavy (non-hydrogen) atoms. The summed E-state index contributed by atoms with van der Waals surface area (Å²) in [6.45, 7) is 2.81. The Morgan fingerprint density at radius 1 is 1.00 bits per heavy atom. The number of benzene rings is 2. The molecule has 0 bridgehead atoms. The van der Waals surface area contributed by atoms with Crippen molar-refractivity contribution in [3.63, 3.8) is 0 Å². The van der Waals surface area contributed by atoms with E-state index in [1.165, 1.54) is 0 Å². The van der Waals surface area contributed by atoms with Crippen LogP contribution in [-0.2, 0) is 9.59 Å². The van der Waals surface area contributed by atoms with Crippen molar-refractivity contribution >= 4 is 23.2 Å². The standard InChI is InChI=1S/C20H25N3O3/c1-4-23(15-20(25)22(2)16-10-6-5-7-11-16)14-19(24)21-17-12-8-9-13-18(17)26-3/h5-13H,4,14-15H2,1-3H3,(H,21,24). The number of nitrogens with zero attached hydrogens (tertiary/aromatic N) is 2. The van der Waals surface area contributed by atoms with Crippen LogP contribution in [0, 0.1) is 0 Å². The molecule has 0 saturated carbocycles. The van der Waals surface area contributed by atoms with Crippen LogP contribution in [-0.4, -0.2) is 50.5 Å².